The Bertz CT molecular complexity index is 1110. The maximum Gasteiger partial charge on any atom is 0.188 e. The molecule has 1 unspecified atom stereocenters. The molecule has 0 amide bonds. The number of nitrogens with one attached hydrogen (secondary N) is 1. The molecule has 1 aliphatic heterocycles. The fourth-order valence-electron chi connectivity index (χ4n) is 4.20. The Hall–Kier alpha value is -2.37. The number of fused-ring (bicyclic) bond motifs is 2. The van der Waals surface area contributed by atoms with Crippen molar-refractivity contribution in [2.75, 3.05) is 16.8 Å². The molecular formula is C22H21ClN4S. The van der Waals surface area contributed by atoms with Crippen molar-refractivity contribution in [2.45, 2.75) is 20.3 Å². The summed E-state index contributed by atoms with van der Waals surface area (Å²) in [6, 6.07) is 9.84. The quantitative estimate of drug-likeness (QED) is 0.544. The SMILES string of the molecule is CC1(C)CN(c2ncccc2Nc2nc3cc(Cl)ccc3s2)C2=CC=CCC21. The molecule has 0 spiro atoms. The minimum Gasteiger partial charge on any atom is -0.328 e. The Morgan fingerprint density at radius 1 is 1.29 bits per heavy atom. The third-order valence-electron chi connectivity index (χ3n) is 5.59. The molecule has 28 heavy (non-hydrogen) atoms. The normalized spacial score (nSPS) is 20.3. The number of hydrogen-bond donors (Lipinski definition) is 1. The third kappa shape index (κ3) is 2.99. The number of hydrogen-bond acceptors (Lipinski definition) is 5. The van der Waals surface area contributed by atoms with Crippen LogP contribution in [0.3, 0.4) is 0 Å². The number of aromatic nitrogens is 2. The lowest BCUT2D eigenvalue weighted by Gasteiger charge is -2.25. The molecule has 0 bridgehead atoms. The van der Waals surface area contributed by atoms with E-state index in [1.54, 1.807) is 11.3 Å². The average Bonchev–Trinajstić information content (AvgIpc) is 3.20. The number of halogens is 1. The third-order valence-corrected chi connectivity index (χ3v) is 6.77. The molecule has 142 valence electrons. The van der Waals surface area contributed by atoms with Crippen LogP contribution in [0.2, 0.25) is 5.02 Å². The monoisotopic (exact) mass is 408 g/mol. The Balaban J connectivity index is 1.52. The highest BCUT2D eigenvalue weighted by molar-refractivity contribution is 7.22. The van der Waals surface area contributed by atoms with E-state index in [1.165, 1.54) is 5.70 Å². The first-order chi connectivity index (χ1) is 13.5. The van der Waals surface area contributed by atoms with Crippen molar-refractivity contribution in [3.63, 3.8) is 0 Å². The second-order valence-electron chi connectivity index (χ2n) is 8.01. The van der Waals surface area contributed by atoms with Gasteiger partial charge >= 0.3 is 0 Å². The van der Waals surface area contributed by atoms with E-state index in [0.29, 0.717) is 10.9 Å². The van der Waals surface area contributed by atoms with Gasteiger partial charge in [-0.25, -0.2) is 9.97 Å². The average molecular weight is 409 g/mol. The van der Waals surface area contributed by atoms with Crippen LogP contribution in [0.5, 0.6) is 0 Å². The van der Waals surface area contributed by atoms with E-state index >= 15 is 0 Å². The van der Waals surface area contributed by atoms with Crippen LogP contribution in [-0.2, 0) is 0 Å². The lowest BCUT2D eigenvalue weighted by molar-refractivity contribution is 0.306. The van der Waals surface area contributed by atoms with Gasteiger partial charge in [0.05, 0.1) is 15.9 Å². The smallest absolute Gasteiger partial charge is 0.188 e. The van der Waals surface area contributed by atoms with Crippen molar-refractivity contribution < 1.29 is 0 Å². The summed E-state index contributed by atoms with van der Waals surface area (Å²) in [6.07, 6.45) is 9.61. The predicted molar refractivity (Wildman–Crippen MR) is 119 cm³/mol. The highest BCUT2D eigenvalue weighted by Gasteiger charge is 2.44. The molecular weight excluding hydrogens is 388 g/mol. The van der Waals surface area contributed by atoms with Crippen molar-refractivity contribution >= 4 is 49.8 Å². The molecule has 1 aliphatic carbocycles. The van der Waals surface area contributed by atoms with Gasteiger partial charge in [0.1, 0.15) is 0 Å². The molecule has 6 heteroatoms. The second-order valence-corrected chi connectivity index (χ2v) is 9.48. The fraction of sp³-hybridized carbons (Fsp3) is 0.273. The van der Waals surface area contributed by atoms with Gasteiger partial charge in [-0.15, -0.1) is 0 Å². The van der Waals surface area contributed by atoms with Gasteiger partial charge in [-0.3, -0.25) is 0 Å². The molecule has 1 N–H and O–H groups in total. The van der Waals surface area contributed by atoms with Crippen molar-refractivity contribution in [1.29, 1.82) is 0 Å². The maximum atomic E-state index is 6.11. The minimum atomic E-state index is 0.206. The molecule has 2 aliphatic rings. The number of pyridine rings is 1. The highest BCUT2D eigenvalue weighted by Crippen LogP contribution is 2.48. The molecule has 0 radical (unpaired) electrons. The van der Waals surface area contributed by atoms with Crippen LogP contribution < -0.4 is 10.2 Å². The van der Waals surface area contributed by atoms with Crippen LogP contribution in [0, 0.1) is 11.3 Å². The summed E-state index contributed by atoms with van der Waals surface area (Å²) in [7, 11) is 0. The lowest BCUT2D eigenvalue weighted by atomic mass is 9.77. The first-order valence-electron chi connectivity index (χ1n) is 9.44. The summed E-state index contributed by atoms with van der Waals surface area (Å²) in [5.74, 6) is 1.48. The first kappa shape index (κ1) is 17.7. The van der Waals surface area contributed by atoms with E-state index < -0.39 is 0 Å². The summed E-state index contributed by atoms with van der Waals surface area (Å²) in [6.45, 7) is 5.64. The van der Waals surface area contributed by atoms with Crippen LogP contribution >= 0.6 is 22.9 Å². The fourth-order valence-corrected chi connectivity index (χ4v) is 5.23. The van der Waals surface area contributed by atoms with Gasteiger partial charge in [-0.05, 0) is 48.2 Å². The van der Waals surface area contributed by atoms with Gasteiger partial charge < -0.3 is 10.2 Å². The zero-order valence-corrected chi connectivity index (χ0v) is 17.4. The van der Waals surface area contributed by atoms with Crippen LogP contribution in [0.1, 0.15) is 20.3 Å². The zero-order valence-electron chi connectivity index (χ0n) is 15.8. The number of thiazole rings is 1. The van der Waals surface area contributed by atoms with Crippen molar-refractivity contribution in [3.8, 4) is 0 Å². The lowest BCUT2D eigenvalue weighted by Crippen LogP contribution is -2.24. The topological polar surface area (TPSA) is 41.1 Å². The van der Waals surface area contributed by atoms with E-state index in [4.69, 9.17) is 21.6 Å². The van der Waals surface area contributed by atoms with Crippen LogP contribution in [0.25, 0.3) is 10.2 Å². The summed E-state index contributed by atoms with van der Waals surface area (Å²) >= 11 is 7.73. The number of allylic oxidation sites excluding steroid dienone is 4. The molecule has 1 fully saturated rings. The van der Waals surface area contributed by atoms with Crippen molar-refractivity contribution in [2.24, 2.45) is 11.3 Å². The van der Waals surface area contributed by atoms with Crippen LogP contribution in [-0.4, -0.2) is 16.5 Å². The van der Waals surface area contributed by atoms with E-state index in [-0.39, 0.29) is 5.41 Å². The maximum absolute atomic E-state index is 6.11. The molecule has 5 rings (SSSR count). The summed E-state index contributed by atoms with van der Waals surface area (Å²) in [5, 5.41) is 5.05. The Kier molecular flexibility index (Phi) is 4.18. The molecule has 1 atom stereocenters. The van der Waals surface area contributed by atoms with Crippen LogP contribution in [0.4, 0.5) is 16.6 Å². The number of nitrogens with zero attached hydrogens (tertiary/aromatic N) is 3. The van der Waals surface area contributed by atoms with Crippen LogP contribution in [0.15, 0.2) is 60.5 Å². The largest absolute Gasteiger partial charge is 0.328 e. The molecule has 2 aromatic heterocycles. The number of rotatable bonds is 3. The molecule has 4 nitrogen and oxygen atoms in total. The Labute approximate surface area is 173 Å². The van der Waals surface area contributed by atoms with E-state index in [9.17, 15) is 0 Å². The van der Waals surface area contributed by atoms with Gasteiger partial charge in [0.2, 0.25) is 0 Å². The molecule has 3 heterocycles. The number of anilines is 3. The summed E-state index contributed by atoms with van der Waals surface area (Å²) < 4.78 is 1.11. The van der Waals surface area contributed by atoms with E-state index in [2.05, 4.69) is 48.4 Å². The van der Waals surface area contributed by atoms with Crippen molar-refractivity contribution in [3.05, 3.63) is 65.5 Å². The second kappa shape index (κ2) is 6.61. The number of benzene rings is 1. The van der Waals surface area contributed by atoms with E-state index in [0.717, 1.165) is 39.8 Å². The molecule has 0 saturated carbocycles. The van der Waals surface area contributed by atoms with Gasteiger partial charge in [-0.1, -0.05) is 48.9 Å². The summed E-state index contributed by atoms with van der Waals surface area (Å²) in [4.78, 5) is 11.8. The Morgan fingerprint density at radius 2 is 2.18 bits per heavy atom. The first-order valence-corrected chi connectivity index (χ1v) is 10.6. The van der Waals surface area contributed by atoms with E-state index in [1.807, 2.05) is 30.5 Å². The Morgan fingerprint density at radius 3 is 3.07 bits per heavy atom. The minimum absolute atomic E-state index is 0.206. The van der Waals surface area contributed by atoms with Gasteiger partial charge in [-0.2, -0.15) is 0 Å². The highest BCUT2D eigenvalue weighted by atomic mass is 35.5. The molecule has 3 aromatic rings. The van der Waals surface area contributed by atoms with Crippen molar-refractivity contribution in [1.82, 2.24) is 9.97 Å². The standard InChI is InChI=1S/C22H21ClN4S/c1-22(2)13-27(18-8-4-3-6-15(18)22)20-16(7-5-11-24-20)25-21-26-17-12-14(23)9-10-19(17)28-21/h3-5,7-12,15H,6,13H2,1-2H3,(H,25,26). The molecule has 1 aromatic carbocycles. The van der Waals surface area contributed by atoms with Gasteiger partial charge in [0.25, 0.3) is 0 Å². The van der Waals surface area contributed by atoms with Gasteiger partial charge in [0, 0.05) is 29.4 Å². The zero-order chi connectivity index (χ0) is 19.3. The molecule has 1 saturated heterocycles. The predicted octanol–water partition coefficient (Wildman–Crippen LogP) is 6.39. The summed E-state index contributed by atoms with van der Waals surface area (Å²) in [5.41, 5.74) is 3.44. The van der Waals surface area contributed by atoms with Gasteiger partial charge in [0.15, 0.2) is 10.9 Å².